The van der Waals surface area contributed by atoms with Crippen LogP contribution in [0.15, 0.2) is 59.1 Å². The number of hydrogen-bond donors (Lipinski definition) is 0. The Morgan fingerprint density at radius 3 is 2.76 bits per heavy atom. The summed E-state index contributed by atoms with van der Waals surface area (Å²) in [5.41, 5.74) is 0.878. The zero-order valence-corrected chi connectivity index (χ0v) is 18.2. The van der Waals surface area contributed by atoms with Gasteiger partial charge in [0.15, 0.2) is 22.9 Å². The third-order valence-electron chi connectivity index (χ3n) is 5.91. The summed E-state index contributed by atoms with van der Waals surface area (Å²) >= 11 is 0. The second-order valence-electron chi connectivity index (χ2n) is 8.15. The lowest BCUT2D eigenvalue weighted by molar-refractivity contribution is -0.137. The summed E-state index contributed by atoms with van der Waals surface area (Å²) in [5.74, 6) is 0.344. The van der Waals surface area contributed by atoms with E-state index in [2.05, 4.69) is 10.1 Å². The van der Waals surface area contributed by atoms with Gasteiger partial charge >= 0.3 is 6.18 Å². The maximum absolute atomic E-state index is 13.3. The monoisotopic (exact) mass is 470 g/mol. The molecule has 1 aliphatic heterocycles. The molecule has 0 spiro atoms. The summed E-state index contributed by atoms with van der Waals surface area (Å²) in [4.78, 5) is 19.6. The van der Waals surface area contributed by atoms with Crippen LogP contribution < -0.4 is 4.74 Å². The topological polar surface area (TPSA) is 73.4 Å². The van der Waals surface area contributed by atoms with Crippen LogP contribution in [0.1, 0.15) is 40.7 Å². The SMILES string of the molecule is COc1cn(-c2cccc(C(F)(F)F)c2)nc1C(=O)N1CCC[C@@H](c2nc3ccccc3o2)C1. The summed E-state index contributed by atoms with van der Waals surface area (Å²) < 4.78 is 51.8. The number of hydrogen-bond acceptors (Lipinski definition) is 5. The molecule has 0 bridgehead atoms. The predicted molar refractivity (Wildman–Crippen MR) is 117 cm³/mol. The van der Waals surface area contributed by atoms with E-state index in [0.29, 0.717) is 24.6 Å². The van der Waals surface area contributed by atoms with Gasteiger partial charge in [-0.25, -0.2) is 9.67 Å². The molecule has 0 radical (unpaired) electrons. The molecule has 1 saturated heterocycles. The summed E-state index contributed by atoms with van der Waals surface area (Å²) in [7, 11) is 1.39. The first-order valence-corrected chi connectivity index (χ1v) is 10.8. The minimum absolute atomic E-state index is 0.0399. The molecule has 2 aromatic carbocycles. The Labute approximate surface area is 192 Å². The van der Waals surface area contributed by atoms with Crippen molar-refractivity contribution in [1.29, 1.82) is 0 Å². The van der Waals surface area contributed by atoms with Crippen molar-refractivity contribution < 1.29 is 27.1 Å². The van der Waals surface area contributed by atoms with Crippen molar-refractivity contribution in [1.82, 2.24) is 19.7 Å². The van der Waals surface area contributed by atoms with E-state index in [-0.39, 0.29) is 29.0 Å². The van der Waals surface area contributed by atoms with E-state index in [1.165, 1.54) is 30.1 Å². The number of methoxy groups -OCH3 is 1. The number of piperidine rings is 1. The Hall–Kier alpha value is -3.82. The Bertz CT molecular complexity index is 1310. The number of halogens is 3. The van der Waals surface area contributed by atoms with Crippen molar-refractivity contribution in [3.63, 3.8) is 0 Å². The van der Waals surface area contributed by atoms with E-state index in [0.717, 1.165) is 30.5 Å². The third-order valence-corrected chi connectivity index (χ3v) is 5.91. The molecule has 176 valence electrons. The third kappa shape index (κ3) is 4.11. The maximum Gasteiger partial charge on any atom is 0.416 e. The van der Waals surface area contributed by atoms with Crippen LogP contribution in [-0.4, -0.2) is 45.8 Å². The number of likely N-dealkylation sites (tertiary alicyclic amines) is 1. The van der Waals surface area contributed by atoms with Gasteiger partial charge in [0.1, 0.15) is 5.52 Å². The fourth-order valence-corrected chi connectivity index (χ4v) is 4.19. The molecule has 0 aliphatic carbocycles. The second-order valence-corrected chi connectivity index (χ2v) is 8.15. The quantitative estimate of drug-likeness (QED) is 0.417. The number of fused-ring (bicyclic) bond motifs is 1. The number of para-hydroxylation sites is 2. The molecule has 2 aromatic heterocycles. The van der Waals surface area contributed by atoms with Crippen LogP contribution in [0.5, 0.6) is 5.75 Å². The van der Waals surface area contributed by atoms with Crippen LogP contribution in [-0.2, 0) is 6.18 Å². The number of ether oxygens (including phenoxy) is 1. The van der Waals surface area contributed by atoms with Crippen LogP contribution >= 0.6 is 0 Å². The van der Waals surface area contributed by atoms with Crippen LogP contribution in [0.3, 0.4) is 0 Å². The zero-order chi connectivity index (χ0) is 23.9. The molecule has 5 rings (SSSR count). The molecule has 0 N–H and O–H groups in total. The van der Waals surface area contributed by atoms with Gasteiger partial charge in [-0.2, -0.15) is 18.3 Å². The van der Waals surface area contributed by atoms with Crippen molar-refractivity contribution in [2.24, 2.45) is 0 Å². The van der Waals surface area contributed by atoms with Crippen molar-refractivity contribution in [2.45, 2.75) is 24.9 Å². The lowest BCUT2D eigenvalue weighted by Crippen LogP contribution is -2.39. The van der Waals surface area contributed by atoms with Gasteiger partial charge in [-0.1, -0.05) is 18.2 Å². The smallest absolute Gasteiger partial charge is 0.416 e. The van der Waals surface area contributed by atoms with Gasteiger partial charge in [-0.15, -0.1) is 0 Å². The van der Waals surface area contributed by atoms with Gasteiger partial charge in [-0.05, 0) is 43.2 Å². The fraction of sp³-hybridized carbons (Fsp3) is 0.292. The molecule has 1 atom stereocenters. The molecule has 1 fully saturated rings. The molecule has 10 heteroatoms. The standard InChI is InChI=1S/C24H21F3N4O3/c1-33-20-14-31(17-8-4-7-16(12-17)24(25,26)27)29-21(20)23(32)30-11-5-6-15(13-30)22-28-18-9-2-3-10-19(18)34-22/h2-4,7-10,12,14-15H,5-6,11,13H2,1H3/t15-/m1/s1. The maximum atomic E-state index is 13.3. The highest BCUT2D eigenvalue weighted by molar-refractivity contribution is 5.95. The number of aromatic nitrogens is 3. The lowest BCUT2D eigenvalue weighted by atomic mass is 9.97. The second kappa shape index (κ2) is 8.51. The van der Waals surface area contributed by atoms with E-state index >= 15 is 0 Å². The molecule has 7 nitrogen and oxygen atoms in total. The summed E-state index contributed by atoms with van der Waals surface area (Å²) in [6.45, 7) is 0.917. The minimum atomic E-state index is -4.49. The van der Waals surface area contributed by atoms with Crippen molar-refractivity contribution >= 4 is 17.0 Å². The van der Waals surface area contributed by atoms with Crippen molar-refractivity contribution in [2.75, 3.05) is 20.2 Å². The van der Waals surface area contributed by atoms with Gasteiger partial charge in [-0.3, -0.25) is 4.79 Å². The number of carbonyl (C=O) groups excluding carboxylic acids is 1. The highest BCUT2D eigenvalue weighted by Gasteiger charge is 2.33. The molecule has 1 amide bonds. The van der Waals surface area contributed by atoms with Crippen molar-refractivity contribution in [3.05, 3.63) is 71.9 Å². The minimum Gasteiger partial charge on any atom is -0.493 e. The number of nitrogens with zero attached hydrogens (tertiary/aromatic N) is 4. The number of alkyl halides is 3. The van der Waals surface area contributed by atoms with E-state index in [4.69, 9.17) is 9.15 Å². The zero-order valence-electron chi connectivity index (χ0n) is 18.2. The van der Waals surface area contributed by atoms with Gasteiger partial charge in [0.05, 0.1) is 30.5 Å². The number of oxazole rings is 1. The largest absolute Gasteiger partial charge is 0.493 e. The molecule has 1 aliphatic rings. The van der Waals surface area contributed by atoms with Crippen LogP contribution in [0.25, 0.3) is 16.8 Å². The number of benzene rings is 2. The fourth-order valence-electron chi connectivity index (χ4n) is 4.19. The molecule has 34 heavy (non-hydrogen) atoms. The van der Waals surface area contributed by atoms with Gasteiger partial charge in [0.2, 0.25) is 0 Å². The Morgan fingerprint density at radius 2 is 2.00 bits per heavy atom. The van der Waals surface area contributed by atoms with Gasteiger partial charge < -0.3 is 14.1 Å². The Morgan fingerprint density at radius 1 is 1.18 bits per heavy atom. The molecular formula is C24H21F3N4O3. The first kappa shape index (κ1) is 22.0. The lowest BCUT2D eigenvalue weighted by Gasteiger charge is -2.30. The molecule has 0 unspecified atom stereocenters. The van der Waals surface area contributed by atoms with E-state index < -0.39 is 11.7 Å². The van der Waals surface area contributed by atoms with Crippen molar-refractivity contribution in [3.8, 4) is 11.4 Å². The molecular weight excluding hydrogens is 449 g/mol. The normalized spacial score (nSPS) is 16.7. The van der Waals surface area contributed by atoms with Crippen LogP contribution in [0.2, 0.25) is 0 Å². The predicted octanol–water partition coefficient (Wildman–Crippen LogP) is 5.06. The van der Waals surface area contributed by atoms with Crippen LogP contribution in [0, 0.1) is 0 Å². The highest BCUT2D eigenvalue weighted by atomic mass is 19.4. The highest BCUT2D eigenvalue weighted by Crippen LogP contribution is 2.32. The van der Waals surface area contributed by atoms with E-state index in [9.17, 15) is 18.0 Å². The summed E-state index contributed by atoms with van der Waals surface area (Å²) in [5, 5.41) is 4.28. The number of amides is 1. The Balaban J connectivity index is 1.40. The molecule has 0 saturated carbocycles. The average Bonchev–Trinajstić information content (AvgIpc) is 3.48. The van der Waals surface area contributed by atoms with E-state index in [1.807, 2.05) is 24.3 Å². The average molecular weight is 470 g/mol. The first-order valence-electron chi connectivity index (χ1n) is 10.8. The van der Waals surface area contributed by atoms with Gasteiger partial charge in [0.25, 0.3) is 5.91 Å². The van der Waals surface area contributed by atoms with Crippen LogP contribution in [0.4, 0.5) is 13.2 Å². The molecule has 3 heterocycles. The number of carbonyl (C=O) groups is 1. The summed E-state index contributed by atoms with van der Waals surface area (Å²) in [6.07, 6.45) is -1.50. The van der Waals surface area contributed by atoms with E-state index in [1.54, 1.807) is 4.90 Å². The van der Waals surface area contributed by atoms with Gasteiger partial charge in [0, 0.05) is 13.1 Å². The molecule has 4 aromatic rings. The Kier molecular flexibility index (Phi) is 5.51. The number of rotatable bonds is 4. The summed E-state index contributed by atoms with van der Waals surface area (Å²) in [6, 6.07) is 12.2. The first-order chi connectivity index (χ1) is 16.3.